The van der Waals surface area contributed by atoms with Crippen molar-refractivity contribution in [2.24, 2.45) is 0 Å². The van der Waals surface area contributed by atoms with Gasteiger partial charge in [-0.3, -0.25) is 4.79 Å². The second-order valence-electron chi connectivity index (χ2n) is 7.25. The minimum absolute atomic E-state index is 0.149. The summed E-state index contributed by atoms with van der Waals surface area (Å²) in [4.78, 5) is 12.9. The predicted molar refractivity (Wildman–Crippen MR) is 111 cm³/mol. The van der Waals surface area contributed by atoms with Gasteiger partial charge in [0.2, 0.25) is 0 Å². The number of nitrogens with zero attached hydrogens (tertiary/aromatic N) is 2. The van der Waals surface area contributed by atoms with Gasteiger partial charge in [0, 0.05) is 17.8 Å². The molecule has 1 N–H and O–H groups in total. The fraction of sp³-hybridized carbons (Fsp3) is 0.304. The van der Waals surface area contributed by atoms with E-state index in [2.05, 4.69) is 29.5 Å². The molecule has 0 fully saturated rings. The number of nitrogens with one attached hydrogen (secondary N) is 1. The van der Waals surface area contributed by atoms with Crippen molar-refractivity contribution in [1.29, 1.82) is 0 Å². The maximum atomic E-state index is 12.9. The van der Waals surface area contributed by atoms with Gasteiger partial charge in [0.15, 0.2) is 17.2 Å². The van der Waals surface area contributed by atoms with Crippen molar-refractivity contribution in [2.75, 3.05) is 14.2 Å². The first kappa shape index (κ1) is 19.1. The molecule has 0 unspecified atom stereocenters. The van der Waals surface area contributed by atoms with Crippen molar-refractivity contribution in [3.63, 3.8) is 0 Å². The quantitative estimate of drug-likeness (QED) is 0.697. The Labute approximate surface area is 170 Å². The van der Waals surface area contributed by atoms with E-state index in [4.69, 9.17) is 9.47 Å². The number of amides is 1. The highest BCUT2D eigenvalue weighted by Crippen LogP contribution is 2.29. The summed E-state index contributed by atoms with van der Waals surface area (Å²) in [6, 6.07) is 13.8. The van der Waals surface area contributed by atoms with Gasteiger partial charge in [0.25, 0.3) is 5.91 Å². The van der Waals surface area contributed by atoms with Crippen LogP contribution in [0.2, 0.25) is 0 Å². The molecule has 0 saturated heterocycles. The van der Waals surface area contributed by atoms with E-state index in [0.29, 0.717) is 23.7 Å². The minimum Gasteiger partial charge on any atom is -0.493 e. The van der Waals surface area contributed by atoms with Crippen molar-refractivity contribution < 1.29 is 14.3 Å². The van der Waals surface area contributed by atoms with E-state index in [-0.39, 0.29) is 5.91 Å². The van der Waals surface area contributed by atoms with Crippen LogP contribution in [0.1, 0.15) is 39.3 Å². The summed E-state index contributed by atoms with van der Waals surface area (Å²) in [7, 11) is 3.20. The molecule has 6 nitrogen and oxygen atoms in total. The Balaban J connectivity index is 1.55. The zero-order valence-corrected chi connectivity index (χ0v) is 17.0. The van der Waals surface area contributed by atoms with Crippen LogP contribution >= 0.6 is 0 Å². The summed E-state index contributed by atoms with van der Waals surface area (Å²) >= 11 is 0. The van der Waals surface area contributed by atoms with Gasteiger partial charge in [-0.1, -0.05) is 23.8 Å². The van der Waals surface area contributed by atoms with Gasteiger partial charge in [-0.15, -0.1) is 0 Å². The molecule has 6 heteroatoms. The van der Waals surface area contributed by atoms with Crippen molar-refractivity contribution in [1.82, 2.24) is 15.1 Å². The number of carbonyl (C=O) groups excluding carboxylic acids is 1. The third-order valence-electron chi connectivity index (χ3n) is 5.32. The third kappa shape index (κ3) is 3.70. The van der Waals surface area contributed by atoms with E-state index in [1.165, 1.54) is 5.56 Å². The van der Waals surface area contributed by atoms with Gasteiger partial charge in [-0.05, 0) is 56.0 Å². The van der Waals surface area contributed by atoms with E-state index in [0.717, 1.165) is 41.8 Å². The number of fused-ring (bicyclic) bond motifs is 1. The highest BCUT2D eigenvalue weighted by atomic mass is 16.5. The molecule has 1 heterocycles. The summed E-state index contributed by atoms with van der Waals surface area (Å²) in [6.07, 6.45) is 2.88. The number of ether oxygens (including phenoxy) is 2. The van der Waals surface area contributed by atoms with E-state index >= 15 is 0 Å². The molecule has 3 aromatic rings. The molecule has 2 aromatic carbocycles. The topological polar surface area (TPSA) is 65.4 Å². The standard InChI is InChI=1S/C23H25N3O3/c1-15-7-10-17(11-8-15)26-19-6-4-5-18(19)22(25-26)23(27)24-14-16-9-12-20(28-2)21(13-16)29-3/h7-13H,4-6,14H2,1-3H3,(H,24,27). The number of aromatic nitrogens is 2. The zero-order chi connectivity index (χ0) is 20.4. The summed E-state index contributed by atoms with van der Waals surface area (Å²) in [5, 5.41) is 7.66. The summed E-state index contributed by atoms with van der Waals surface area (Å²) < 4.78 is 12.5. The van der Waals surface area contributed by atoms with Gasteiger partial charge >= 0.3 is 0 Å². The smallest absolute Gasteiger partial charge is 0.272 e. The van der Waals surface area contributed by atoms with Crippen LogP contribution in [0.25, 0.3) is 5.69 Å². The van der Waals surface area contributed by atoms with E-state index < -0.39 is 0 Å². The summed E-state index contributed by atoms with van der Waals surface area (Å²) in [6.45, 7) is 2.45. The lowest BCUT2D eigenvalue weighted by Crippen LogP contribution is -2.24. The number of benzene rings is 2. The number of carbonyl (C=O) groups is 1. The number of rotatable bonds is 6. The lowest BCUT2D eigenvalue weighted by atomic mass is 10.1. The maximum absolute atomic E-state index is 12.9. The van der Waals surface area contributed by atoms with Crippen molar-refractivity contribution >= 4 is 5.91 Å². The normalized spacial score (nSPS) is 12.5. The van der Waals surface area contributed by atoms with Crippen molar-refractivity contribution in [2.45, 2.75) is 32.7 Å². The second-order valence-corrected chi connectivity index (χ2v) is 7.25. The van der Waals surface area contributed by atoms with Gasteiger partial charge in [0.1, 0.15) is 0 Å². The number of methoxy groups -OCH3 is 2. The second kappa shape index (κ2) is 7.99. The summed E-state index contributed by atoms with van der Waals surface area (Å²) in [5.41, 5.74) is 5.86. The summed E-state index contributed by atoms with van der Waals surface area (Å²) in [5.74, 6) is 1.16. The van der Waals surface area contributed by atoms with Crippen LogP contribution < -0.4 is 14.8 Å². The lowest BCUT2D eigenvalue weighted by molar-refractivity contribution is 0.0944. The molecular formula is C23H25N3O3. The van der Waals surface area contributed by atoms with Gasteiger partial charge in [-0.25, -0.2) is 4.68 Å². The fourth-order valence-electron chi connectivity index (χ4n) is 3.78. The van der Waals surface area contributed by atoms with Gasteiger partial charge in [-0.2, -0.15) is 5.10 Å². The van der Waals surface area contributed by atoms with E-state index in [1.807, 2.05) is 35.0 Å². The molecule has 0 aliphatic heterocycles. The first-order chi connectivity index (χ1) is 14.1. The monoisotopic (exact) mass is 391 g/mol. The van der Waals surface area contributed by atoms with Crippen LogP contribution in [-0.2, 0) is 19.4 Å². The predicted octanol–water partition coefficient (Wildman–Crippen LogP) is 3.62. The first-order valence-corrected chi connectivity index (χ1v) is 9.77. The van der Waals surface area contributed by atoms with Crippen LogP contribution in [0.15, 0.2) is 42.5 Å². The molecule has 0 bridgehead atoms. The Morgan fingerprint density at radius 2 is 1.83 bits per heavy atom. The SMILES string of the molecule is COc1ccc(CNC(=O)c2nn(-c3ccc(C)cc3)c3c2CCC3)cc1OC. The highest BCUT2D eigenvalue weighted by Gasteiger charge is 2.26. The van der Waals surface area contributed by atoms with Crippen molar-refractivity contribution in [3.8, 4) is 17.2 Å². The highest BCUT2D eigenvalue weighted by molar-refractivity contribution is 5.94. The number of aryl methyl sites for hydroxylation is 1. The zero-order valence-electron chi connectivity index (χ0n) is 17.0. The number of hydrogen-bond acceptors (Lipinski definition) is 4. The Hall–Kier alpha value is -3.28. The molecular weight excluding hydrogens is 366 g/mol. The Morgan fingerprint density at radius 3 is 2.55 bits per heavy atom. The molecule has 0 atom stereocenters. The molecule has 4 rings (SSSR count). The van der Waals surface area contributed by atoms with Crippen molar-refractivity contribution in [3.05, 3.63) is 70.5 Å². The third-order valence-corrected chi connectivity index (χ3v) is 5.32. The van der Waals surface area contributed by atoms with Crippen LogP contribution in [0.4, 0.5) is 0 Å². The molecule has 0 spiro atoms. The number of hydrogen-bond donors (Lipinski definition) is 1. The molecule has 1 aromatic heterocycles. The Bertz CT molecular complexity index is 1040. The van der Waals surface area contributed by atoms with E-state index in [1.54, 1.807) is 14.2 Å². The van der Waals surface area contributed by atoms with Crippen LogP contribution in [0.5, 0.6) is 11.5 Å². The molecule has 1 amide bonds. The molecule has 1 aliphatic rings. The Morgan fingerprint density at radius 1 is 1.07 bits per heavy atom. The van der Waals surface area contributed by atoms with Crippen LogP contribution in [-0.4, -0.2) is 29.9 Å². The largest absolute Gasteiger partial charge is 0.493 e. The maximum Gasteiger partial charge on any atom is 0.272 e. The molecule has 0 radical (unpaired) electrons. The Kier molecular flexibility index (Phi) is 5.25. The first-order valence-electron chi connectivity index (χ1n) is 9.77. The van der Waals surface area contributed by atoms with Gasteiger partial charge in [0.05, 0.1) is 19.9 Å². The van der Waals surface area contributed by atoms with Crippen LogP contribution in [0, 0.1) is 6.92 Å². The lowest BCUT2D eigenvalue weighted by Gasteiger charge is -2.10. The average Bonchev–Trinajstić information content (AvgIpc) is 3.35. The van der Waals surface area contributed by atoms with Crippen LogP contribution in [0.3, 0.4) is 0 Å². The molecule has 0 saturated carbocycles. The average molecular weight is 391 g/mol. The molecule has 150 valence electrons. The molecule has 29 heavy (non-hydrogen) atoms. The minimum atomic E-state index is -0.149. The fourth-order valence-corrected chi connectivity index (χ4v) is 3.78. The van der Waals surface area contributed by atoms with E-state index in [9.17, 15) is 4.79 Å². The van der Waals surface area contributed by atoms with Gasteiger partial charge < -0.3 is 14.8 Å². The molecule has 1 aliphatic carbocycles.